The molecule has 0 atom stereocenters. The summed E-state index contributed by atoms with van der Waals surface area (Å²) < 4.78 is 21.1. The first-order valence-corrected chi connectivity index (χ1v) is 8.85. The lowest BCUT2D eigenvalue weighted by Crippen LogP contribution is -2.24. The van der Waals surface area contributed by atoms with Crippen LogP contribution in [0.3, 0.4) is 0 Å². The van der Waals surface area contributed by atoms with E-state index in [-0.39, 0.29) is 6.61 Å². The van der Waals surface area contributed by atoms with Crippen molar-refractivity contribution in [3.8, 4) is 17.2 Å². The average molecular weight is 459 g/mol. The van der Waals surface area contributed by atoms with E-state index >= 15 is 0 Å². The van der Waals surface area contributed by atoms with Gasteiger partial charge in [-0.25, -0.2) is 4.79 Å². The minimum atomic E-state index is -0.690. The first kappa shape index (κ1) is 20.9. The summed E-state index contributed by atoms with van der Waals surface area (Å²) in [6.07, 6.45) is 0. The maximum Gasteiger partial charge on any atom is 0.344 e. The SMILES string of the molecule is COc1ccc(OC)c(NC(=O)COC(=O)COc2ccc(Cl)cc2Br)c1. The lowest BCUT2D eigenvalue weighted by molar-refractivity contribution is -0.149. The third-order valence-electron chi connectivity index (χ3n) is 3.28. The summed E-state index contributed by atoms with van der Waals surface area (Å²) in [6, 6.07) is 9.82. The van der Waals surface area contributed by atoms with Gasteiger partial charge in [0.05, 0.1) is 24.4 Å². The largest absolute Gasteiger partial charge is 0.497 e. The minimum Gasteiger partial charge on any atom is -0.497 e. The average Bonchev–Trinajstić information content (AvgIpc) is 2.65. The van der Waals surface area contributed by atoms with Crippen molar-refractivity contribution in [1.29, 1.82) is 0 Å². The number of benzene rings is 2. The van der Waals surface area contributed by atoms with E-state index in [0.29, 0.717) is 32.4 Å². The van der Waals surface area contributed by atoms with Crippen LogP contribution in [0.5, 0.6) is 17.2 Å². The Morgan fingerprint density at radius 3 is 2.44 bits per heavy atom. The van der Waals surface area contributed by atoms with Crippen LogP contribution in [-0.2, 0) is 14.3 Å². The van der Waals surface area contributed by atoms with Gasteiger partial charge in [-0.1, -0.05) is 11.6 Å². The predicted molar refractivity (Wildman–Crippen MR) is 104 cm³/mol. The molecule has 7 nitrogen and oxygen atoms in total. The first-order valence-electron chi connectivity index (χ1n) is 7.68. The zero-order chi connectivity index (χ0) is 19.8. The number of nitrogens with one attached hydrogen (secondary N) is 1. The number of hydrogen-bond acceptors (Lipinski definition) is 6. The second kappa shape index (κ2) is 10.0. The highest BCUT2D eigenvalue weighted by atomic mass is 79.9. The maximum atomic E-state index is 12.0. The molecule has 1 amide bonds. The smallest absolute Gasteiger partial charge is 0.344 e. The van der Waals surface area contributed by atoms with Crippen LogP contribution in [0.15, 0.2) is 40.9 Å². The molecule has 144 valence electrons. The van der Waals surface area contributed by atoms with Crippen molar-refractivity contribution in [2.75, 3.05) is 32.8 Å². The molecule has 0 saturated carbocycles. The van der Waals surface area contributed by atoms with Gasteiger partial charge < -0.3 is 24.3 Å². The Morgan fingerprint density at radius 1 is 1.04 bits per heavy atom. The number of ether oxygens (including phenoxy) is 4. The fraction of sp³-hybridized carbons (Fsp3) is 0.222. The van der Waals surface area contributed by atoms with Crippen LogP contribution in [-0.4, -0.2) is 39.3 Å². The summed E-state index contributed by atoms with van der Waals surface area (Å²) in [6.45, 7) is -0.819. The van der Waals surface area contributed by atoms with E-state index in [0.717, 1.165) is 0 Å². The molecular weight excluding hydrogens is 442 g/mol. The highest BCUT2D eigenvalue weighted by molar-refractivity contribution is 9.10. The van der Waals surface area contributed by atoms with Gasteiger partial charge in [-0.15, -0.1) is 0 Å². The molecule has 0 fully saturated rings. The normalized spacial score (nSPS) is 10.1. The second-order valence-electron chi connectivity index (χ2n) is 5.14. The van der Waals surface area contributed by atoms with Crippen LogP contribution >= 0.6 is 27.5 Å². The summed E-state index contributed by atoms with van der Waals surface area (Å²) in [4.78, 5) is 23.8. The summed E-state index contributed by atoms with van der Waals surface area (Å²) in [5.74, 6) is 0.213. The fourth-order valence-corrected chi connectivity index (χ4v) is 2.81. The van der Waals surface area contributed by atoms with Gasteiger partial charge >= 0.3 is 5.97 Å². The van der Waals surface area contributed by atoms with E-state index in [2.05, 4.69) is 21.2 Å². The van der Waals surface area contributed by atoms with E-state index in [1.54, 1.807) is 36.4 Å². The van der Waals surface area contributed by atoms with Gasteiger partial charge in [0.25, 0.3) is 5.91 Å². The van der Waals surface area contributed by atoms with Crippen LogP contribution < -0.4 is 19.5 Å². The van der Waals surface area contributed by atoms with E-state index < -0.39 is 18.5 Å². The predicted octanol–water partition coefficient (Wildman–Crippen LogP) is 3.68. The van der Waals surface area contributed by atoms with Crippen molar-refractivity contribution in [2.24, 2.45) is 0 Å². The molecule has 2 aromatic rings. The summed E-state index contributed by atoms with van der Waals surface area (Å²) in [7, 11) is 2.98. The topological polar surface area (TPSA) is 83.1 Å². The van der Waals surface area contributed by atoms with Gasteiger partial charge in [0.1, 0.15) is 17.2 Å². The molecule has 0 bridgehead atoms. The van der Waals surface area contributed by atoms with Gasteiger partial charge in [-0.2, -0.15) is 0 Å². The number of carbonyl (C=O) groups excluding carboxylic acids is 2. The molecule has 0 aliphatic carbocycles. The lowest BCUT2D eigenvalue weighted by atomic mass is 10.2. The standard InChI is InChI=1S/C18H17BrClNO6/c1-24-12-4-6-16(25-2)14(8-12)21-17(22)9-27-18(23)10-26-15-5-3-11(20)7-13(15)19/h3-8H,9-10H2,1-2H3,(H,21,22). The molecule has 0 spiro atoms. The van der Waals surface area contributed by atoms with E-state index in [9.17, 15) is 9.59 Å². The van der Waals surface area contributed by atoms with Crippen molar-refractivity contribution < 1.29 is 28.5 Å². The second-order valence-corrected chi connectivity index (χ2v) is 6.43. The van der Waals surface area contributed by atoms with E-state index in [4.69, 9.17) is 30.5 Å². The molecule has 0 aliphatic rings. The van der Waals surface area contributed by atoms with Crippen molar-refractivity contribution in [1.82, 2.24) is 0 Å². The van der Waals surface area contributed by atoms with Gasteiger partial charge in [-0.3, -0.25) is 4.79 Å². The summed E-state index contributed by atoms with van der Waals surface area (Å²) in [5.41, 5.74) is 0.402. The number of anilines is 1. The molecule has 0 radical (unpaired) electrons. The zero-order valence-corrected chi connectivity index (χ0v) is 16.9. The highest BCUT2D eigenvalue weighted by Crippen LogP contribution is 2.29. The summed E-state index contributed by atoms with van der Waals surface area (Å²) in [5, 5.41) is 3.13. The Kier molecular flexibility index (Phi) is 7.75. The van der Waals surface area contributed by atoms with Crippen molar-refractivity contribution >= 4 is 45.1 Å². The number of carbonyl (C=O) groups is 2. The quantitative estimate of drug-likeness (QED) is 0.608. The highest BCUT2D eigenvalue weighted by Gasteiger charge is 2.13. The number of halogens is 2. The fourth-order valence-electron chi connectivity index (χ4n) is 2.01. The van der Waals surface area contributed by atoms with Gasteiger partial charge in [-0.05, 0) is 46.3 Å². The van der Waals surface area contributed by atoms with Crippen molar-refractivity contribution in [3.63, 3.8) is 0 Å². The molecule has 2 rings (SSSR count). The Bertz CT molecular complexity index is 829. The molecule has 0 saturated heterocycles. The molecule has 27 heavy (non-hydrogen) atoms. The van der Waals surface area contributed by atoms with Crippen molar-refractivity contribution in [2.45, 2.75) is 0 Å². The maximum absolute atomic E-state index is 12.0. The number of amides is 1. The first-order chi connectivity index (χ1) is 12.9. The Hall–Kier alpha value is -2.45. The third-order valence-corrected chi connectivity index (χ3v) is 4.14. The van der Waals surface area contributed by atoms with Crippen LogP contribution in [0.1, 0.15) is 0 Å². The van der Waals surface area contributed by atoms with Gasteiger partial charge in [0, 0.05) is 11.1 Å². The number of rotatable bonds is 8. The van der Waals surface area contributed by atoms with Crippen LogP contribution in [0.2, 0.25) is 5.02 Å². The Morgan fingerprint density at radius 2 is 1.78 bits per heavy atom. The molecule has 0 heterocycles. The van der Waals surface area contributed by atoms with Gasteiger partial charge in [0.2, 0.25) is 0 Å². The molecule has 1 N–H and O–H groups in total. The number of methoxy groups -OCH3 is 2. The molecule has 2 aromatic carbocycles. The molecule has 0 aliphatic heterocycles. The van der Waals surface area contributed by atoms with E-state index in [1.807, 2.05) is 0 Å². The lowest BCUT2D eigenvalue weighted by Gasteiger charge is -2.12. The molecular formula is C18H17BrClNO6. The van der Waals surface area contributed by atoms with Crippen LogP contribution in [0.4, 0.5) is 5.69 Å². The third kappa shape index (κ3) is 6.33. The van der Waals surface area contributed by atoms with Crippen molar-refractivity contribution in [3.05, 3.63) is 45.9 Å². The van der Waals surface area contributed by atoms with Crippen LogP contribution in [0, 0.1) is 0 Å². The Labute approximate surface area is 169 Å². The monoisotopic (exact) mass is 457 g/mol. The number of esters is 1. The zero-order valence-electron chi connectivity index (χ0n) is 14.6. The van der Waals surface area contributed by atoms with Crippen LogP contribution in [0.25, 0.3) is 0 Å². The minimum absolute atomic E-state index is 0.351. The summed E-state index contributed by atoms with van der Waals surface area (Å²) >= 11 is 9.11. The van der Waals surface area contributed by atoms with E-state index in [1.165, 1.54) is 14.2 Å². The Balaban J connectivity index is 1.83. The van der Waals surface area contributed by atoms with Gasteiger partial charge in [0.15, 0.2) is 13.2 Å². The molecule has 9 heteroatoms. The molecule has 0 aromatic heterocycles. The molecule has 0 unspecified atom stereocenters. The number of hydrogen-bond donors (Lipinski definition) is 1.